The van der Waals surface area contributed by atoms with Crippen LogP contribution >= 0.6 is 0 Å². The van der Waals surface area contributed by atoms with Crippen molar-refractivity contribution in [2.45, 2.75) is 120 Å². The largest absolute Gasteiger partial charge is 0.512 e. The van der Waals surface area contributed by atoms with Crippen molar-refractivity contribution >= 4 is 27.5 Å². The van der Waals surface area contributed by atoms with Crippen LogP contribution in [0.5, 0.6) is 0 Å². The maximum absolute atomic E-state index is 12.2. The third kappa shape index (κ3) is 8.52. The molecule has 0 saturated carbocycles. The number of rotatable bonds is 9. The van der Waals surface area contributed by atoms with Crippen molar-refractivity contribution in [2.24, 2.45) is 10.8 Å². The molecule has 251 valence electrons. The number of benzene rings is 3. The van der Waals surface area contributed by atoms with Crippen LogP contribution in [-0.2, 0) is 30.3 Å². The van der Waals surface area contributed by atoms with Crippen LogP contribution in [0.4, 0.5) is 0 Å². The molecule has 4 nitrogen and oxygen atoms in total. The van der Waals surface area contributed by atoms with E-state index in [1.807, 2.05) is 47.6 Å². The van der Waals surface area contributed by atoms with E-state index in [9.17, 15) is 9.90 Å². The van der Waals surface area contributed by atoms with Gasteiger partial charge in [0.15, 0.2) is 5.78 Å². The molecular weight excluding hydrogens is 745 g/mol. The molecule has 0 fully saturated rings. The zero-order valence-electron chi connectivity index (χ0n) is 30.2. The molecule has 1 radical (unpaired) electrons. The monoisotopic (exact) mass is 800 g/mol. The van der Waals surface area contributed by atoms with E-state index in [0.717, 1.165) is 53.7 Å². The standard InChI is InChI=1S/C26H27N2.C15H28O2.Ir/c1-16(2)25-27-23(18-10-9-11-19(15-18)26(4,5)6)22-14-17(3)20-12-7-8-13-21(20)24(22)28-25;1-7-14(5,8-2)12(16)11-13(17)15(6,9-3)10-4;/h7-9,11-16H,1-6H3;11,16H,7-10H2,1-6H3;/q-1;;/b;12-11-;. The zero-order chi connectivity index (χ0) is 33.7. The SMILES string of the molecule is CCC(C)(CC)C(=O)/C=C(\O)C(C)(CC)CC.Cc1cc2c(-c3[c-]ccc(C(C)(C)C)c3)nc(C(C)C)nc2c2ccccc12.[Ir]. The van der Waals surface area contributed by atoms with Crippen LogP contribution in [0.25, 0.3) is 32.9 Å². The second-order valence-corrected chi connectivity index (χ2v) is 14.4. The van der Waals surface area contributed by atoms with E-state index in [1.54, 1.807) is 0 Å². The summed E-state index contributed by atoms with van der Waals surface area (Å²) >= 11 is 0. The first-order chi connectivity index (χ1) is 21.0. The molecule has 0 atom stereocenters. The molecular formula is C41H55IrN2O2-. The van der Waals surface area contributed by atoms with E-state index < -0.39 is 0 Å². The zero-order valence-corrected chi connectivity index (χ0v) is 32.6. The molecule has 0 unspecified atom stereocenters. The average Bonchev–Trinajstić information content (AvgIpc) is 3.03. The van der Waals surface area contributed by atoms with Crippen LogP contribution in [0.2, 0.25) is 0 Å². The van der Waals surface area contributed by atoms with Crippen molar-refractivity contribution in [1.29, 1.82) is 0 Å². The van der Waals surface area contributed by atoms with Gasteiger partial charge >= 0.3 is 0 Å². The number of fused-ring (bicyclic) bond motifs is 3. The number of aromatic nitrogens is 2. The fourth-order valence-electron chi connectivity index (χ4n) is 5.37. The number of aliphatic hydroxyl groups excluding tert-OH is 1. The summed E-state index contributed by atoms with van der Waals surface area (Å²) in [7, 11) is 0. The minimum absolute atomic E-state index is 0. The molecule has 0 amide bonds. The number of aliphatic hydroxyl groups is 1. The Hall–Kier alpha value is -2.88. The van der Waals surface area contributed by atoms with Gasteiger partial charge in [-0.2, -0.15) is 0 Å². The number of hydrogen-bond acceptors (Lipinski definition) is 4. The number of aryl methyl sites for hydroxylation is 1. The fourth-order valence-corrected chi connectivity index (χ4v) is 5.37. The number of allylic oxidation sites excluding steroid dienone is 2. The van der Waals surface area contributed by atoms with Crippen LogP contribution in [0.1, 0.15) is 125 Å². The summed E-state index contributed by atoms with van der Waals surface area (Å²) in [6, 6.07) is 20.6. The van der Waals surface area contributed by atoms with E-state index in [0.29, 0.717) is 0 Å². The first-order valence-corrected chi connectivity index (χ1v) is 16.7. The summed E-state index contributed by atoms with van der Waals surface area (Å²) in [5.74, 6) is 1.42. The molecule has 0 aliphatic heterocycles. The van der Waals surface area contributed by atoms with Crippen molar-refractivity contribution < 1.29 is 30.0 Å². The maximum Gasteiger partial charge on any atom is 0.164 e. The summed E-state index contributed by atoms with van der Waals surface area (Å²) in [4.78, 5) is 22.2. The van der Waals surface area contributed by atoms with Gasteiger partial charge in [-0.15, -0.1) is 35.4 Å². The second-order valence-electron chi connectivity index (χ2n) is 14.4. The topological polar surface area (TPSA) is 63.1 Å². The smallest absolute Gasteiger partial charge is 0.164 e. The summed E-state index contributed by atoms with van der Waals surface area (Å²) in [5, 5.41) is 13.7. The van der Waals surface area contributed by atoms with Crippen molar-refractivity contribution in [3.05, 3.63) is 83.4 Å². The van der Waals surface area contributed by atoms with Crippen LogP contribution in [0, 0.1) is 23.8 Å². The van der Waals surface area contributed by atoms with Crippen molar-refractivity contribution in [3.63, 3.8) is 0 Å². The summed E-state index contributed by atoms with van der Waals surface area (Å²) < 4.78 is 0. The quantitative estimate of drug-likeness (QED) is 0.0793. The van der Waals surface area contributed by atoms with E-state index >= 15 is 0 Å². The van der Waals surface area contributed by atoms with E-state index in [1.165, 1.54) is 28.0 Å². The predicted molar refractivity (Wildman–Crippen MR) is 192 cm³/mol. The van der Waals surface area contributed by atoms with Gasteiger partial charge in [0.2, 0.25) is 0 Å². The number of carbonyl (C=O) groups is 1. The Kier molecular flexibility index (Phi) is 13.5. The van der Waals surface area contributed by atoms with Gasteiger partial charge in [0.1, 0.15) is 11.6 Å². The first kappa shape index (κ1) is 39.3. The van der Waals surface area contributed by atoms with Gasteiger partial charge in [0, 0.05) is 48.3 Å². The van der Waals surface area contributed by atoms with Crippen molar-refractivity contribution in [3.8, 4) is 11.3 Å². The van der Waals surface area contributed by atoms with E-state index in [4.69, 9.17) is 9.97 Å². The van der Waals surface area contributed by atoms with Gasteiger partial charge < -0.3 is 5.11 Å². The van der Waals surface area contributed by atoms with Crippen molar-refractivity contribution in [2.75, 3.05) is 0 Å². The maximum atomic E-state index is 12.2. The van der Waals surface area contributed by atoms with Crippen molar-refractivity contribution in [1.82, 2.24) is 9.97 Å². The first-order valence-electron chi connectivity index (χ1n) is 16.7. The minimum Gasteiger partial charge on any atom is -0.512 e. The van der Waals surface area contributed by atoms with Crippen LogP contribution in [-0.4, -0.2) is 20.9 Å². The van der Waals surface area contributed by atoms with Crippen LogP contribution < -0.4 is 0 Å². The molecule has 4 rings (SSSR count). The summed E-state index contributed by atoms with van der Waals surface area (Å²) in [6.07, 6.45) is 4.75. The molecule has 3 aromatic carbocycles. The van der Waals surface area contributed by atoms with E-state index in [2.05, 4.69) is 90.1 Å². The second kappa shape index (κ2) is 15.8. The minimum atomic E-state index is -0.337. The number of carbonyl (C=O) groups excluding carboxylic acids is 1. The molecule has 46 heavy (non-hydrogen) atoms. The van der Waals surface area contributed by atoms with E-state index in [-0.39, 0.29) is 53.8 Å². The molecule has 0 bridgehead atoms. The van der Waals surface area contributed by atoms with Gasteiger partial charge in [0.05, 0.1) is 5.52 Å². The summed E-state index contributed by atoms with van der Waals surface area (Å²) in [5.41, 5.74) is 5.06. The molecule has 1 heterocycles. The fraction of sp³-hybridized carbons (Fsp3) is 0.488. The number of nitrogens with zero attached hydrogens (tertiary/aromatic N) is 2. The molecule has 4 aromatic rings. The summed E-state index contributed by atoms with van der Waals surface area (Å²) in [6.45, 7) is 25.3. The number of ketones is 1. The Balaban J connectivity index is 0.000000356. The molecule has 0 aliphatic carbocycles. The predicted octanol–water partition coefficient (Wildman–Crippen LogP) is 11.6. The molecule has 1 N–H and O–H groups in total. The van der Waals surface area contributed by atoms with Gasteiger partial charge in [-0.05, 0) is 60.1 Å². The number of hydrogen-bond donors (Lipinski definition) is 1. The Morgan fingerprint density at radius 1 is 0.848 bits per heavy atom. The molecule has 5 heteroatoms. The van der Waals surface area contributed by atoms with Gasteiger partial charge in [-0.25, -0.2) is 4.98 Å². The van der Waals surface area contributed by atoms with Gasteiger partial charge in [0.25, 0.3) is 0 Å². The molecule has 0 spiro atoms. The Labute approximate surface area is 291 Å². The van der Waals surface area contributed by atoms with Crippen LogP contribution in [0.15, 0.2) is 60.4 Å². The molecule has 1 aromatic heterocycles. The van der Waals surface area contributed by atoms with Gasteiger partial charge in [-0.3, -0.25) is 9.78 Å². The third-order valence-electron chi connectivity index (χ3n) is 9.97. The average molecular weight is 800 g/mol. The van der Waals surface area contributed by atoms with Crippen LogP contribution in [0.3, 0.4) is 0 Å². The Morgan fingerprint density at radius 3 is 1.93 bits per heavy atom. The van der Waals surface area contributed by atoms with Gasteiger partial charge in [-0.1, -0.05) is 106 Å². The normalized spacial score (nSPS) is 12.6. The molecule has 0 aliphatic rings. The Morgan fingerprint density at radius 2 is 1.41 bits per heavy atom. The Bertz CT molecular complexity index is 1670. The molecule has 0 saturated heterocycles. The third-order valence-corrected chi connectivity index (χ3v) is 9.97.